The van der Waals surface area contributed by atoms with Crippen LogP contribution in [0.2, 0.25) is 0 Å². The molecule has 2 saturated heterocycles. The molecule has 0 spiro atoms. The summed E-state index contributed by atoms with van der Waals surface area (Å²) in [5.74, 6) is 1.11. The van der Waals surface area contributed by atoms with E-state index in [1.807, 2.05) is 12.1 Å². The molecule has 1 aromatic carbocycles. The number of thiocarbonyl (C=S) groups is 1. The lowest BCUT2D eigenvalue weighted by Crippen LogP contribution is -2.37. The third kappa shape index (κ3) is 3.37. The second-order valence-corrected chi connectivity index (χ2v) is 6.04. The fourth-order valence-corrected chi connectivity index (χ4v) is 3.11. The van der Waals surface area contributed by atoms with Gasteiger partial charge in [0.1, 0.15) is 5.70 Å². The number of hydrogen-bond donors (Lipinski definition) is 1. The SMILES string of the molecule is COc1ccc(/C=C2\NC(=S)N(C[C@H]3CCCO3)C2=O)cc1OC. The molecule has 24 heavy (non-hydrogen) atoms. The standard InChI is InChI=1S/C17H20N2O4S/c1-21-14-6-5-11(9-15(14)22-2)8-13-16(20)19(17(24)18-13)10-12-4-3-7-23-12/h5-6,8-9,12H,3-4,7,10H2,1-2H3,(H,18,24)/b13-8-/t12-/m1/s1. The average molecular weight is 348 g/mol. The molecule has 3 rings (SSSR count). The van der Waals surface area contributed by atoms with Crippen molar-refractivity contribution in [2.24, 2.45) is 0 Å². The van der Waals surface area contributed by atoms with E-state index >= 15 is 0 Å². The predicted octanol–water partition coefficient (Wildman–Crippen LogP) is 1.94. The molecule has 2 fully saturated rings. The number of hydrogen-bond acceptors (Lipinski definition) is 5. The average Bonchev–Trinajstić information content (AvgIpc) is 3.19. The topological polar surface area (TPSA) is 60.0 Å². The van der Waals surface area contributed by atoms with Crippen LogP contribution in [-0.4, -0.2) is 49.4 Å². The van der Waals surface area contributed by atoms with E-state index in [9.17, 15) is 4.79 Å². The lowest BCUT2D eigenvalue weighted by Gasteiger charge is -2.18. The number of carbonyl (C=O) groups excluding carboxylic acids is 1. The first-order chi connectivity index (χ1) is 11.6. The third-order valence-electron chi connectivity index (χ3n) is 4.09. The van der Waals surface area contributed by atoms with Crippen LogP contribution in [0.3, 0.4) is 0 Å². The zero-order valence-electron chi connectivity index (χ0n) is 13.7. The molecule has 0 bridgehead atoms. The Hall–Kier alpha value is -2.12. The predicted molar refractivity (Wildman–Crippen MR) is 93.9 cm³/mol. The minimum atomic E-state index is -0.134. The minimum Gasteiger partial charge on any atom is -0.493 e. The maximum atomic E-state index is 12.6. The van der Waals surface area contributed by atoms with Crippen molar-refractivity contribution in [3.63, 3.8) is 0 Å². The molecular formula is C17H20N2O4S. The van der Waals surface area contributed by atoms with Gasteiger partial charge in [-0.25, -0.2) is 0 Å². The maximum Gasteiger partial charge on any atom is 0.276 e. The summed E-state index contributed by atoms with van der Waals surface area (Å²) in [6.45, 7) is 1.25. The Kier molecular flexibility index (Phi) is 5.01. The molecule has 0 saturated carbocycles. The van der Waals surface area contributed by atoms with Gasteiger partial charge in [0.2, 0.25) is 0 Å². The van der Waals surface area contributed by atoms with E-state index in [1.54, 1.807) is 31.3 Å². The number of carbonyl (C=O) groups is 1. The molecule has 2 aliphatic rings. The highest BCUT2D eigenvalue weighted by atomic mass is 32.1. The molecular weight excluding hydrogens is 328 g/mol. The second kappa shape index (κ2) is 7.19. The number of nitrogens with zero attached hydrogens (tertiary/aromatic N) is 1. The van der Waals surface area contributed by atoms with Crippen LogP contribution in [0, 0.1) is 0 Å². The Balaban J connectivity index is 1.78. The van der Waals surface area contributed by atoms with E-state index in [-0.39, 0.29) is 12.0 Å². The van der Waals surface area contributed by atoms with Crippen LogP contribution in [-0.2, 0) is 9.53 Å². The summed E-state index contributed by atoms with van der Waals surface area (Å²) >= 11 is 5.29. The zero-order chi connectivity index (χ0) is 17.1. The molecule has 0 unspecified atom stereocenters. The first-order valence-electron chi connectivity index (χ1n) is 7.80. The van der Waals surface area contributed by atoms with Crippen molar-refractivity contribution in [1.82, 2.24) is 10.2 Å². The molecule has 0 aliphatic carbocycles. The highest BCUT2D eigenvalue weighted by Gasteiger charge is 2.33. The Labute approximate surface area is 146 Å². The van der Waals surface area contributed by atoms with Crippen molar-refractivity contribution in [2.75, 3.05) is 27.4 Å². The Morgan fingerprint density at radius 3 is 2.83 bits per heavy atom. The van der Waals surface area contributed by atoms with Gasteiger partial charge < -0.3 is 19.5 Å². The fraction of sp³-hybridized carbons (Fsp3) is 0.412. The van der Waals surface area contributed by atoms with E-state index in [4.69, 9.17) is 26.4 Å². The fourth-order valence-electron chi connectivity index (χ4n) is 2.84. The van der Waals surface area contributed by atoms with Crippen LogP contribution in [0.4, 0.5) is 0 Å². The van der Waals surface area contributed by atoms with E-state index in [0.717, 1.165) is 25.0 Å². The number of benzene rings is 1. The van der Waals surface area contributed by atoms with Crippen molar-refractivity contribution >= 4 is 29.3 Å². The van der Waals surface area contributed by atoms with Crippen LogP contribution in [0.1, 0.15) is 18.4 Å². The van der Waals surface area contributed by atoms with Gasteiger partial charge in [-0.2, -0.15) is 0 Å². The third-order valence-corrected chi connectivity index (χ3v) is 4.41. The van der Waals surface area contributed by atoms with Gasteiger partial charge >= 0.3 is 0 Å². The normalized spacial score (nSPS) is 22.2. The van der Waals surface area contributed by atoms with E-state index < -0.39 is 0 Å². The molecule has 1 N–H and O–H groups in total. The Morgan fingerprint density at radius 1 is 1.38 bits per heavy atom. The highest BCUT2D eigenvalue weighted by Crippen LogP contribution is 2.29. The number of ether oxygens (including phenoxy) is 3. The summed E-state index contributed by atoms with van der Waals surface area (Å²) in [4.78, 5) is 14.1. The summed E-state index contributed by atoms with van der Waals surface area (Å²) in [5.41, 5.74) is 1.27. The van der Waals surface area contributed by atoms with Crippen molar-refractivity contribution in [1.29, 1.82) is 0 Å². The van der Waals surface area contributed by atoms with Crippen LogP contribution in [0.15, 0.2) is 23.9 Å². The van der Waals surface area contributed by atoms with Crippen LogP contribution < -0.4 is 14.8 Å². The first kappa shape index (κ1) is 16.7. The first-order valence-corrected chi connectivity index (χ1v) is 8.21. The van der Waals surface area contributed by atoms with Gasteiger partial charge in [-0.15, -0.1) is 0 Å². The minimum absolute atomic E-state index is 0.0640. The largest absolute Gasteiger partial charge is 0.493 e. The zero-order valence-corrected chi connectivity index (χ0v) is 14.5. The van der Waals surface area contributed by atoms with E-state index in [1.165, 1.54) is 0 Å². The van der Waals surface area contributed by atoms with Crippen LogP contribution >= 0.6 is 12.2 Å². The van der Waals surface area contributed by atoms with Crippen molar-refractivity contribution < 1.29 is 19.0 Å². The van der Waals surface area contributed by atoms with Gasteiger partial charge in [0, 0.05) is 6.61 Å². The molecule has 1 amide bonds. The van der Waals surface area contributed by atoms with Crippen molar-refractivity contribution in [2.45, 2.75) is 18.9 Å². The van der Waals surface area contributed by atoms with Gasteiger partial charge in [0.05, 0.1) is 26.9 Å². The highest BCUT2D eigenvalue weighted by molar-refractivity contribution is 7.80. The lowest BCUT2D eigenvalue weighted by molar-refractivity contribution is -0.123. The van der Waals surface area contributed by atoms with Gasteiger partial charge in [0.25, 0.3) is 5.91 Å². The molecule has 6 nitrogen and oxygen atoms in total. The molecule has 2 aliphatic heterocycles. The van der Waals surface area contributed by atoms with Gasteiger partial charge in [-0.05, 0) is 48.8 Å². The summed E-state index contributed by atoms with van der Waals surface area (Å²) in [7, 11) is 3.16. The van der Waals surface area contributed by atoms with Crippen LogP contribution in [0.5, 0.6) is 11.5 Å². The van der Waals surface area contributed by atoms with Gasteiger partial charge in [-0.3, -0.25) is 9.69 Å². The smallest absolute Gasteiger partial charge is 0.276 e. The van der Waals surface area contributed by atoms with E-state index in [0.29, 0.717) is 28.9 Å². The molecule has 128 valence electrons. The molecule has 0 aromatic heterocycles. The second-order valence-electron chi connectivity index (χ2n) is 5.65. The molecule has 0 radical (unpaired) electrons. The number of methoxy groups -OCH3 is 2. The lowest BCUT2D eigenvalue weighted by atomic mass is 10.1. The Bertz CT molecular complexity index is 683. The molecule has 1 atom stereocenters. The summed E-state index contributed by atoms with van der Waals surface area (Å²) in [6.07, 6.45) is 3.81. The maximum absolute atomic E-state index is 12.6. The number of amides is 1. The Morgan fingerprint density at radius 2 is 2.17 bits per heavy atom. The van der Waals surface area contributed by atoms with Crippen molar-refractivity contribution in [3.8, 4) is 11.5 Å². The van der Waals surface area contributed by atoms with Gasteiger partial charge in [-0.1, -0.05) is 6.07 Å². The molecule has 1 aromatic rings. The summed E-state index contributed by atoms with van der Waals surface area (Å²) in [6, 6.07) is 5.47. The van der Waals surface area contributed by atoms with Crippen molar-refractivity contribution in [3.05, 3.63) is 29.5 Å². The number of rotatable bonds is 5. The molecule has 2 heterocycles. The number of nitrogens with one attached hydrogen (secondary N) is 1. The monoisotopic (exact) mass is 348 g/mol. The van der Waals surface area contributed by atoms with Gasteiger partial charge in [0.15, 0.2) is 16.6 Å². The summed E-state index contributed by atoms with van der Waals surface area (Å²) in [5, 5.41) is 3.40. The quantitative estimate of drug-likeness (QED) is 0.648. The van der Waals surface area contributed by atoms with Crippen LogP contribution in [0.25, 0.3) is 6.08 Å². The van der Waals surface area contributed by atoms with E-state index in [2.05, 4.69) is 5.32 Å². The molecule has 7 heteroatoms. The summed E-state index contributed by atoms with van der Waals surface area (Å²) < 4.78 is 16.1.